The number of nitrogens with one attached hydrogen (secondary N) is 1. The zero-order chi connectivity index (χ0) is 10.5. The molecule has 0 saturated heterocycles. The van der Waals surface area contributed by atoms with Crippen LogP contribution in [0, 0.1) is 0 Å². The van der Waals surface area contributed by atoms with Crippen LogP contribution in [-0.2, 0) is 4.79 Å². The van der Waals surface area contributed by atoms with Crippen LogP contribution in [0.2, 0.25) is 0 Å². The number of rotatable bonds is 5. The molecule has 0 radical (unpaired) electrons. The van der Waals surface area contributed by atoms with Gasteiger partial charge in [0.2, 0.25) is 5.91 Å². The molecule has 4 heteroatoms. The monoisotopic (exact) mass is 188 g/mol. The molecule has 0 spiro atoms. The highest BCUT2D eigenvalue weighted by Crippen LogP contribution is 2.09. The van der Waals surface area contributed by atoms with E-state index in [2.05, 4.69) is 5.32 Å². The van der Waals surface area contributed by atoms with Crippen molar-refractivity contribution in [2.45, 2.75) is 26.3 Å². The summed E-state index contributed by atoms with van der Waals surface area (Å²) in [6.07, 6.45) is 0. The highest BCUT2D eigenvalue weighted by molar-refractivity contribution is 5.77. The number of carbonyl (C=O) groups is 1. The summed E-state index contributed by atoms with van der Waals surface area (Å²) < 4.78 is 0. The predicted molar refractivity (Wildman–Crippen MR) is 52.5 cm³/mol. The molecule has 0 aromatic rings. The van der Waals surface area contributed by atoms with Crippen molar-refractivity contribution < 1.29 is 9.90 Å². The smallest absolute Gasteiger partial charge is 0.234 e. The summed E-state index contributed by atoms with van der Waals surface area (Å²) in [5.41, 5.74) is -0.342. The molecule has 0 aromatic carbocycles. The Hall–Kier alpha value is -0.610. The number of likely N-dealkylation sites (N-methyl/N-ethyl adjacent to an activating group) is 2. The normalized spacial score (nSPS) is 11.8. The molecular weight excluding hydrogens is 168 g/mol. The average Bonchev–Trinajstić information content (AvgIpc) is 2.04. The standard InChI is InChI=1S/C9H20N2O2/c1-5-10-8(13)6-11(4)9(2,3)7-12/h12H,5-7H2,1-4H3,(H,10,13). The SMILES string of the molecule is CCNC(=O)CN(C)C(C)(C)CO. The van der Waals surface area contributed by atoms with Gasteiger partial charge in [-0.2, -0.15) is 0 Å². The molecule has 2 N–H and O–H groups in total. The molecule has 78 valence electrons. The Morgan fingerprint density at radius 2 is 2.08 bits per heavy atom. The molecule has 0 unspecified atom stereocenters. The number of carbonyl (C=O) groups excluding carboxylic acids is 1. The molecule has 0 aliphatic heterocycles. The van der Waals surface area contributed by atoms with E-state index in [9.17, 15) is 4.79 Å². The van der Waals surface area contributed by atoms with E-state index < -0.39 is 0 Å². The predicted octanol–water partition coefficient (Wildman–Crippen LogP) is -0.175. The Morgan fingerprint density at radius 1 is 1.54 bits per heavy atom. The summed E-state index contributed by atoms with van der Waals surface area (Å²) in [5, 5.41) is 11.7. The van der Waals surface area contributed by atoms with Gasteiger partial charge in [-0.3, -0.25) is 9.69 Å². The van der Waals surface area contributed by atoms with Gasteiger partial charge in [0.25, 0.3) is 0 Å². The second-order valence-electron chi connectivity index (χ2n) is 3.78. The first kappa shape index (κ1) is 12.4. The van der Waals surface area contributed by atoms with E-state index in [-0.39, 0.29) is 18.1 Å². The second kappa shape index (κ2) is 5.19. The third-order valence-corrected chi connectivity index (χ3v) is 2.18. The van der Waals surface area contributed by atoms with Crippen molar-refractivity contribution in [3.8, 4) is 0 Å². The largest absolute Gasteiger partial charge is 0.394 e. The summed E-state index contributed by atoms with van der Waals surface area (Å²) in [6, 6.07) is 0. The van der Waals surface area contributed by atoms with Gasteiger partial charge in [-0.05, 0) is 27.8 Å². The van der Waals surface area contributed by atoms with Crippen LogP contribution in [0.15, 0.2) is 0 Å². The average molecular weight is 188 g/mol. The first-order valence-corrected chi connectivity index (χ1v) is 4.53. The molecule has 0 saturated carbocycles. The first-order valence-electron chi connectivity index (χ1n) is 4.53. The summed E-state index contributed by atoms with van der Waals surface area (Å²) in [4.78, 5) is 13.0. The van der Waals surface area contributed by atoms with Gasteiger partial charge in [-0.1, -0.05) is 0 Å². The quantitative estimate of drug-likeness (QED) is 0.629. The lowest BCUT2D eigenvalue weighted by Gasteiger charge is -2.33. The molecule has 0 aliphatic carbocycles. The third kappa shape index (κ3) is 4.24. The zero-order valence-corrected chi connectivity index (χ0v) is 8.92. The lowest BCUT2D eigenvalue weighted by atomic mass is 10.1. The van der Waals surface area contributed by atoms with Crippen molar-refractivity contribution in [1.29, 1.82) is 0 Å². The fraction of sp³-hybridized carbons (Fsp3) is 0.889. The highest BCUT2D eigenvalue weighted by Gasteiger charge is 2.23. The van der Waals surface area contributed by atoms with E-state index in [0.29, 0.717) is 13.1 Å². The maximum atomic E-state index is 11.2. The van der Waals surface area contributed by atoms with Crippen LogP contribution in [0.5, 0.6) is 0 Å². The molecule has 0 fully saturated rings. The summed E-state index contributed by atoms with van der Waals surface area (Å²) in [7, 11) is 1.82. The van der Waals surface area contributed by atoms with Gasteiger partial charge >= 0.3 is 0 Å². The van der Waals surface area contributed by atoms with Crippen LogP contribution in [0.25, 0.3) is 0 Å². The molecule has 0 aromatic heterocycles. The van der Waals surface area contributed by atoms with Crippen LogP contribution in [0.4, 0.5) is 0 Å². The van der Waals surface area contributed by atoms with Gasteiger partial charge in [0.1, 0.15) is 0 Å². The fourth-order valence-electron chi connectivity index (χ4n) is 0.803. The lowest BCUT2D eigenvalue weighted by Crippen LogP contribution is -2.48. The van der Waals surface area contributed by atoms with E-state index in [1.807, 2.05) is 32.7 Å². The van der Waals surface area contributed by atoms with Gasteiger partial charge < -0.3 is 10.4 Å². The van der Waals surface area contributed by atoms with Crippen molar-refractivity contribution in [3.05, 3.63) is 0 Å². The van der Waals surface area contributed by atoms with E-state index in [1.165, 1.54) is 0 Å². The topological polar surface area (TPSA) is 52.6 Å². The molecule has 0 aliphatic rings. The molecule has 1 amide bonds. The van der Waals surface area contributed by atoms with Crippen molar-refractivity contribution in [1.82, 2.24) is 10.2 Å². The highest BCUT2D eigenvalue weighted by atomic mass is 16.3. The van der Waals surface area contributed by atoms with Crippen LogP contribution >= 0.6 is 0 Å². The van der Waals surface area contributed by atoms with E-state index in [1.54, 1.807) is 0 Å². The van der Waals surface area contributed by atoms with Crippen LogP contribution in [0.3, 0.4) is 0 Å². The fourth-order valence-corrected chi connectivity index (χ4v) is 0.803. The zero-order valence-electron chi connectivity index (χ0n) is 8.92. The minimum Gasteiger partial charge on any atom is -0.394 e. The second-order valence-corrected chi connectivity index (χ2v) is 3.78. The number of hydrogen-bond donors (Lipinski definition) is 2. The number of amides is 1. The molecule has 0 bridgehead atoms. The first-order chi connectivity index (χ1) is 5.94. The maximum absolute atomic E-state index is 11.2. The van der Waals surface area contributed by atoms with Crippen molar-refractivity contribution in [2.24, 2.45) is 0 Å². The van der Waals surface area contributed by atoms with Crippen LogP contribution in [-0.4, -0.2) is 48.2 Å². The maximum Gasteiger partial charge on any atom is 0.234 e. The minimum absolute atomic E-state index is 0.00785. The number of hydrogen-bond acceptors (Lipinski definition) is 3. The van der Waals surface area contributed by atoms with Gasteiger partial charge in [0.05, 0.1) is 13.2 Å². The molecule has 4 nitrogen and oxygen atoms in total. The van der Waals surface area contributed by atoms with Crippen molar-refractivity contribution in [3.63, 3.8) is 0 Å². The van der Waals surface area contributed by atoms with E-state index in [4.69, 9.17) is 5.11 Å². The Bertz CT molecular complexity index is 169. The van der Waals surface area contributed by atoms with Gasteiger partial charge in [-0.15, -0.1) is 0 Å². The van der Waals surface area contributed by atoms with Crippen molar-refractivity contribution in [2.75, 3.05) is 26.7 Å². The Balaban J connectivity index is 3.99. The molecule has 0 rings (SSSR count). The molecule has 13 heavy (non-hydrogen) atoms. The Kier molecular flexibility index (Phi) is 4.95. The summed E-state index contributed by atoms with van der Waals surface area (Å²) in [6.45, 7) is 6.68. The van der Waals surface area contributed by atoms with E-state index >= 15 is 0 Å². The molecule has 0 atom stereocenters. The summed E-state index contributed by atoms with van der Waals surface area (Å²) in [5.74, 6) is -0.00785. The minimum atomic E-state index is -0.342. The molecular formula is C9H20N2O2. The van der Waals surface area contributed by atoms with Crippen LogP contribution in [0.1, 0.15) is 20.8 Å². The third-order valence-electron chi connectivity index (χ3n) is 2.18. The Labute approximate surface area is 79.9 Å². The molecule has 0 heterocycles. The van der Waals surface area contributed by atoms with Crippen LogP contribution < -0.4 is 5.32 Å². The van der Waals surface area contributed by atoms with Crippen molar-refractivity contribution >= 4 is 5.91 Å². The van der Waals surface area contributed by atoms with Gasteiger partial charge in [-0.25, -0.2) is 0 Å². The number of nitrogens with zero attached hydrogens (tertiary/aromatic N) is 1. The summed E-state index contributed by atoms with van der Waals surface area (Å²) >= 11 is 0. The number of aliphatic hydroxyl groups is 1. The lowest BCUT2D eigenvalue weighted by molar-refractivity contribution is -0.123. The number of aliphatic hydroxyl groups excluding tert-OH is 1. The van der Waals surface area contributed by atoms with Gasteiger partial charge in [0, 0.05) is 12.1 Å². The van der Waals surface area contributed by atoms with Gasteiger partial charge in [0.15, 0.2) is 0 Å². The Morgan fingerprint density at radius 3 is 2.46 bits per heavy atom. The van der Waals surface area contributed by atoms with E-state index in [0.717, 1.165) is 0 Å².